The maximum atomic E-state index is 13.3. The van der Waals surface area contributed by atoms with Crippen LogP contribution in [-0.4, -0.2) is 34.4 Å². The van der Waals surface area contributed by atoms with Crippen LogP contribution in [0.5, 0.6) is 0 Å². The van der Waals surface area contributed by atoms with E-state index in [9.17, 15) is 28.2 Å². The van der Waals surface area contributed by atoms with E-state index in [1.807, 2.05) is 0 Å². The van der Waals surface area contributed by atoms with Gasteiger partial charge in [0.2, 0.25) is 11.5 Å². The maximum absolute atomic E-state index is 13.3. The highest BCUT2D eigenvalue weighted by molar-refractivity contribution is 5.78. The summed E-state index contributed by atoms with van der Waals surface area (Å²) in [6.07, 6.45) is -3.73. The lowest BCUT2D eigenvalue weighted by Crippen LogP contribution is -2.53. The molecule has 1 aromatic rings. The van der Waals surface area contributed by atoms with Crippen molar-refractivity contribution in [3.8, 4) is 0 Å². The van der Waals surface area contributed by atoms with Gasteiger partial charge in [0.1, 0.15) is 11.5 Å². The number of hydrogen-bond acceptors (Lipinski definition) is 4. The molecule has 1 amide bonds. The zero-order chi connectivity index (χ0) is 17.3. The standard InChI is InChI=1S/C15H20F3NO4/c1-10-4-5-11(23-10)14(22,15(16,17)18)8-12(21)19-13(9-20)6-2-3-7-13/h4-5,20,22H,2-3,6-9H2,1H3,(H,19,21). The Hall–Kier alpha value is -1.54. The van der Waals surface area contributed by atoms with Crippen LogP contribution < -0.4 is 5.32 Å². The van der Waals surface area contributed by atoms with Gasteiger partial charge in [-0.3, -0.25) is 4.79 Å². The Kier molecular flexibility index (Phi) is 4.77. The SMILES string of the molecule is Cc1ccc(C(O)(CC(=O)NC2(CO)CCCC2)C(F)(F)F)o1. The highest BCUT2D eigenvalue weighted by Gasteiger charge is 2.58. The summed E-state index contributed by atoms with van der Waals surface area (Å²) in [6, 6.07) is 2.30. The van der Waals surface area contributed by atoms with Gasteiger partial charge >= 0.3 is 6.18 Å². The monoisotopic (exact) mass is 335 g/mol. The summed E-state index contributed by atoms with van der Waals surface area (Å²) in [6.45, 7) is 1.10. The number of furan rings is 1. The third-order valence-electron chi connectivity index (χ3n) is 4.30. The molecular formula is C15H20F3NO4. The first-order valence-corrected chi connectivity index (χ1v) is 7.40. The van der Waals surface area contributed by atoms with Crippen molar-refractivity contribution in [3.05, 3.63) is 23.7 Å². The molecule has 1 aliphatic carbocycles. The Morgan fingerprint density at radius 1 is 1.35 bits per heavy atom. The van der Waals surface area contributed by atoms with E-state index in [-0.39, 0.29) is 12.4 Å². The van der Waals surface area contributed by atoms with Crippen molar-refractivity contribution < 1.29 is 32.6 Å². The fourth-order valence-corrected chi connectivity index (χ4v) is 2.93. The zero-order valence-electron chi connectivity index (χ0n) is 12.7. The Morgan fingerprint density at radius 3 is 2.39 bits per heavy atom. The first-order valence-electron chi connectivity index (χ1n) is 7.40. The first-order chi connectivity index (χ1) is 10.6. The quantitative estimate of drug-likeness (QED) is 0.770. The second-order valence-corrected chi connectivity index (χ2v) is 6.14. The molecular weight excluding hydrogens is 315 g/mol. The summed E-state index contributed by atoms with van der Waals surface area (Å²) >= 11 is 0. The lowest BCUT2D eigenvalue weighted by molar-refractivity contribution is -0.273. The average Bonchev–Trinajstić information content (AvgIpc) is 3.07. The van der Waals surface area contributed by atoms with E-state index < -0.39 is 35.4 Å². The van der Waals surface area contributed by atoms with Crippen LogP contribution >= 0.6 is 0 Å². The zero-order valence-corrected chi connectivity index (χ0v) is 12.7. The van der Waals surface area contributed by atoms with Gasteiger partial charge in [0.05, 0.1) is 18.6 Å². The Bertz CT molecular complexity index is 563. The molecule has 1 atom stereocenters. The van der Waals surface area contributed by atoms with Crippen molar-refractivity contribution in [3.63, 3.8) is 0 Å². The molecule has 1 saturated carbocycles. The number of aliphatic hydroxyl groups excluding tert-OH is 1. The molecule has 2 rings (SSSR count). The minimum absolute atomic E-state index is 0.200. The number of halogens is 3. The Balaban J connectivity index is 2.20. The van der Waals surface area contributed by atoms with Crippen LogP contribution in [0.2, 0.25) is 0 Å². The van der Waals surface area contributed by atoms with E-state index in [2.05, 4.69) is 5.32 Å². The first kappa shape index (κ1) is 17.8. The molecule has 0 saturated heterocycles. The fraction of sp³-hybridized carbons (Fsp3) is 0.667. The van der Waals surface area contributed by atoms with Crippen LogP contribution in [0.4, 0.5) is 13.2 Å². The van der Waals surface area contributed by atoms with Gasteiger partial charge in [0, 0.05) is 0 Å². The lowest BCUT2D eigenvalue weighted by atomic mass is 9.93. The van der Waals surface area contributed by atoms with Crippen LogP contribution in [0.1, 0.15) is 43.6 Å². The normalized spacial score (nSPS) is 20.3. The van der Waals surface area contributed by atoms with Gasteiger partial charge in [-0.25, -0.2) is 0 Å². The molecule has 1 fully saturated rings. The molecule has 1 unspecified atom stereocenters. The van der Waals surface area contributed by atoms with Gasteiger partial charge in [-0.1, -0.05) is 12.8 Å². The number of aliphatic hydroxyl groups is 2. The van der Waals surface area contributed by atoms with Crippen molar-refractivity contribution in [1.29, 1.82) is 0 Å². The van der Waals surface area contributed by atoms with Crippen molar-refractivity contribution in [2.75, 3.05) is 6.61 Å². The molecule has 0 aromatic carbocycles. The molecule has 0 spiro atoms. The summed E-state index contributed by atoms with van der Waals surface area (Å²) in [4.78, 5) is 12.1. The van der Waals surface area contributed by atoms with E-state index in [1.165, 1.54) is 13.0 Å². The third-order valence-corrected chi connectivity index (χ3v) is 4.30. The van der Waals surface area contributed by atoms with Crippen LogP contribution in [0.25, 0.3) is 0 Å². The van der Waals surface area contributed by atoms with Crippen molar-refractivity contribution in [2.45, 2.75) is 56.3 Å². The highest BCUT2D eigenvalue weighted by atomic mass is 19.4. The molecule has 3 N–H and O–H groups in total. The van der Waals surface area contributed by atoms with E-state index in [4.69, 9.17) is 4.42 Å². The molecule has 8 heteroatoms. The minimum atomic E-state index is -5.07. The second kappa shape index (κ2) is 6.16. The van der Waals surface area contributed by atoms with Gasteiger partial charge < -0.3 is 19.9 Å². The number of carbonyl (C=O) groups excluding carboxylic acids is 1. The molecule has 1 heterocycles. The van der Waals surface area contributed by atoms with Crippen LogP contribution in [0.15, 0.2) is 16.5 Å². The summed E-state index contributed by atoms with van der Waals surface area (Å²) in [7, 11) is 0. The van der Waals surface area contributed by atoms with Gasteiger partial charge in [0.15, 0.2) is 0 Å². The Morgan fingerprint density at radius 2 is 1.96 bits per heavy atom. The average molecular weight is 335 g/mol. The highest BCUT2D eigenvalue weighted by Crippen LogP contribution is 2.42. The van der Waals surface area contributed by atoms with Gasteiger partial charge in [-0.05, 0) is 31.9 Å². The fourth-order valence-electron chi connectivity index (χ4n) is 2.93. The van der Waals surface area contributed by atoms with Crippen molar-refractivity contribution in [2.24, 2.45) is 0 Å². The molecule has 130 valence electrons. The van der Waals surface area contributed by atoms with E-state index in [0.717, 1.165) is 18.9 Å². The van der Waals surface area contributed by atoms with Gasteiger partial charge in [-0.2, -0.15) is 13.2 Å². The van der Waals surface area contributed by atoms with Crippen LogP contribution in [0.3, 0.4) is 0 Å². The minimum Gasteiger partial charge on any atom is -0.463 e. The second-order valence-electron chi connectivity index (χ2n) is 6.14. The molecule has 1 aromatic heterocycles. The number of nitrogens with one attached hydrogen (secondary N) is 1. The largest absolute Gasteiger partial charge is 0.463 e. The molecule has 0 aliphatic heterocycles. The maximum Gasteiger partial charge on any atom is 0.425 e. The molecule has 23 heavy (non-hydrogen) atoms. The summed E-state index contributed by atoms with van der Waals surface area (Å²) in [5.74, 6) is -1.50. The van der Waals surface area contributed by atoms with Crippen molar-refractivity contribution in [1.82, 2.24) is 5.32 Å². The Labute approximate surface area is 131 Å². The van der Waals surface area contributed by atoms with E-state index in [1.54, 1.807) is 0 Å². The summed E-state index contributed by atoms with van der Waals surface area (Å²) < 4.78 is 44.8. The molecule has 1 aliphatic rings. The number of amides is 1. The number of rotatable bonds is 5. The number of carbonyl (C=O) groups is 1. The lowest BCUT2D eigenvalue weighted by Gasteiger charge is -2.32. The van der Waals surface area contributed by atoms with Gasteiger partial charge in [-0.15, -0.1) is 0 Å². The number of hydrogen-bond donors (Lipinski definition) is 3. The van der Waals surface area contributed by atoms with E-state index in [0.29, 0.717) is 12.8 Å². The van der Waals surface area contributed by atoms with Gasteiger partial charge in [0.25, 0.3) is 0 Å². The predicted molar refractivity (Wildman–Crippen MR) is 74.4 cm³/mol. The molecule has 0 radical (unpaired) electrons. The third kappa shape index (κ3) is 3.53. The molecule has 0 bridgehead atoms. The predicted octanol–water partition coefficient (Wildman–Crippen LogP) is 2.15. The molecule has 5 nitrogen and oxygen atoms in total. The number of alkyl halides is 3. The number of aryl methyl sites for hydroxylation is 1. The van der Waals surface area contributed by atoms with Crippen LogP contribution in [-0.2, 0) is 10.4 Å². The van der Waals surface area contributed by atoms with Crippen LogP contribution in [0, 0.1) is 6.92 Å². The van der Waals surface area contributed by atoms with Crippen molar-refractivity contribution >= 4 is 5.91 Å². The van der Waals surface area contributed by atoms with E-state index >= 15 is 0 Å². The topological polar surface area (TPSA) is 82.7 Å². The summed E-state index contributed by atoms with van der Waals surface area (Å²) in [5, 5.41) is 22.0. The smallest absolute Gasteiger partial charge is 0.425 e. The summed E-state index contributed by atoms with van der Waals surface area (Å²) in [5.41, 5.74) is -4.30.